The fourth-order valence-corrected chi connectivity index (χ4v) is 5.90. The first-order valence-corrected chi connectivity index (χ1v) is 16.4. The third-order valence-corrected chi connectivity index (χ3v) is 8.56. The predicted octanol–water partition coefficient (Wildman–Crippen LogP) is 6.99. The van der Waals surface area contributed by atoms with Crippen molar-refractivity contribution in [2.75, 3.05) is 38.1 Å². The molecule has 0 saturated carbocycles. The molecule has 2 aromatic heterocycles. The Bertz CT molecular complexity index is 1940. The second-order valence-corrected chi connectivity index (χ2v) is 12.4. The molecular formula is C38H39F2N5O5. The Morgan fingerprint density at radius 3 is 2.14 bits per heavy atom. The van der Waals surface area contributed by atoms with Crippen molar-refractivity contribution < 1.29 is 32.6 Å². The molecule has 1 aliphatic rings. The molecule has 3 aromatic carbocycles. The van der Waals surface area contributed by atoms with Gasteiger partial charge in [-0.15, -0.1) is 0 Å². The highest BCUT2D eigenvalue weighted by Crippen LogP contribution is 2.29. The average molecular weight is 684 g/mol. The molecule has 1 saturated heterocycles. The van der Waals surface area contributed by atoms with Gasteiger partial charge in [0.15, 0.2) is 0 Å². The van der Waals surface area contributed by atoms with Crippen molar-refractivity contribution in [2.45, 2.75) is 33.1 Å². The fraction of sp³-hybridized carbons (Fsp3) is 0.289. The number of rotatable bonds is 11. The molecule has 6 rings (SSSR count). The van der Waals surface area contributed by atoms with Gasteiger partial charge in [0.1, 0.15) is 22.9 Å². The quantitative estimate of drug-likeness (QED) is 0.148. The maximum absolute atomic E-state index is 13.6. The molecule has 1 aliphatic heterocycles. The van der Waals surface area contributed by atoms with Gasteiger partial charge in [-0.05, 0) is 80.1 Å². The van der Waals surface area contributed by atoms with Crippen LogP contribution in [0.15, 0.2) is 91.1 Å². The van der Waals surface area contributed by atoms with Crippen molar-refractivity contribution >= 4 is 28.4 Å². The van der Waals surface area contributed by atoms with Crippen molar-refractivity contribution in [3.05, 3.63) is 108 Å². The SMILES string of the molecule is CC(C)Oc1ccc(CN2CCN(C(=O)c3cc4ccc(Oc5ccc(N(C)C(=O)c6ccc(OC(F)F)cc6)cn5)cc4n3C)CC2)cc1. The van der Waals surface area contributed by atoms with E-state index < -0.39 is 6.61 Å². The maximum Gasteiger partial charge on any atom is 0.387 e. The minimum absolute atomic E-state index is 0.00522. The number of ether oxygens (including phenoxy) is 3. The van der Waals surface area contributed by atoms with Crippen molar-refractivity contribution in [3.63, 3.8) is 0 Å². The number of hydrogen-bond donors (Lipinski definition) is 0. The van der Waals surface area contributed by atoms with Crippen LogP contribution in [0.4, 0.5) is 14.5 Å². The Morgan fingerprint density at radius 1 is 0.840 bits per heavy atom. The first-order valence-electron chi connectivity index (χ1n) is 16.4. The summed E-state index contributed by atoms with van der Waals surface area (Å²) in [6.45, 7) is 4.79. The summed E-state index contributed by atoms with van der Waals surface area (Å²) in [6, 6.07) is 24.5. The van der Waals surface area contributed by atoms with Crippen LogP contribution in [0.1, 0.15) is 40.3 Å². The van der Waals surface area contributed by atoms with Gasteiger partial charge >= 0.3 is 6.61 Å². The van der Waals surface area contributed by atoms with Crippen LogP contribution in [0, 0.1) is 0 Å². The van der Waals surface area contributed by atoms with E-state index in [9.17, 15) is 18.4 Å². The third kappa shape index (κ3) is 8.03. The third-order valence-electron chi connectivity index (χ3n) is 8.56. The van der Waals surface area contributed by atoms with Crippen molar-refractivity contribution in [2.24, 2.45) is 7.05 Å². The second-order valence-electron chi connectivity index (χ2n) is 12.4. The zero-order chi connectivity index (χ0) is 35.4. The van der Waals surface area contributed by atoms with E-state index in [1.54, 1.807) is 19.2 Å². The topological polar surface area (TPSA) is 89.4 Å². The maximum atomic E-state index is 13.6. The van der Waals surface area contributed by atoms with Gasteiger partial charge in [-0.3, -0.25) is 14.5 Å². The van der Waals surface area contributed by atoms with Crippen LogP contribution in [0.3, 0.4) is 0 Å². The number of carbonyl (C=O) groups is 2. The summed E-state index contributed by atoms with van der Waals surface area (Å²) in [4.78, 5) is 36.6. The lowest BCUT2D eigenvalue weighted by atomic mass is 10.2. The van der Waals surface area contributed by atoms with Crippen molar-refractivity contribution in [1.82, 2.24) is 19.4 Å². The van der Waals surface area contributed by atoms with E-state index in [4.69, 9.17) is 9.47 Å². The summed E-state index contributed by atoms with van der Waals surface area (Å²) in [5, 5.41) is 0.920. The van der Waals surface area contributed by atoms with E-state index in [1.165, 1.54) is 40.9 Å². The van der Waals surface area contributed by atoms with Crippen LogP contribution < -0.4 is 19.1 Å². The van der Waals surface area contributed by atoms with E-state index in [-0.39, 0.29) is 23.7 Å². The van der Waals surface area contributed by atoms with Gasteiger partial charge in [0.2, 0.25) is 5.88 Å². The number of amides is 2. The molecule has 0 radical (unpaired) electrons. The lowest BCUT2D eigenvalue weighted by molar-refractivity contribution is -0.0498. The zero-order valence-electron chi connectivity index (χ0n) is 28.4. The number of piperazine rings is 1. The van der Waals surface area contributed by atoms with Crippen LogP contribution in [-0.4, -0.2) is 77.1 Å². The van der Waals surface area contributed by atoms with E-state index in [1.807, 2.05) is 66.8 Å². The molecule has 10 nitrogen and oxygen atoms in total. The molecule has 260 valence electrons. The largest absolute Gasteiger partial charge is 0.491 e. The fourth-order valence-electron chi connectivity index (χ4n) is 5.90. The summed E-state index contributed by atoms with van der Waals surface area (Å²) in [7, 11) is 3.47. The van der Waals surface area contributed by atoms with E-state index >= 15 is 0 Å². The lowest BCUT2D eigenvalue weighted by Crippen LogP contribution is -2.48. The van der Waals surface area contributed by atoms with Crippen molar-refractivity contribution in [1.29, 1.82) is 0 Å². The molecule has 0 atom stereocenters. The predicted molar refractivity (Wildman–Crippen MR) is 186 cm³/mol. The number of halogens is 2. The minimum atomic E-state index is -2.94. The van der Waals surface area contributed by atoms with Crippen LogP contribution in [0.2, 0.25) is 0 Å². The summed E-state index contributed by atoms with van der Waals surface area (Å²) in [6.07, 6.45) is 1.65. The molecular weight excluding hydrogens is 644 g/mol. The molecule has 2 amide bonds. The smallest absolute Gasteiger partial charge is 0.387 e. The Hall–Kier alpha value is -5.49. The van der Waals surface area contributed by atoms with Gasteiger partial charge in [0.25, 0.3) is 11.8 Å². The van der Waals surface area contributed by atoms with Crippen LogP contribution in [-0.2, 0) is 13.6 Å². The number of benzene rings is 3. The molecule has 0 bridgehead atoms. The number of carbonyl (C=O) groups excluding carboxylic acids is 2. The first-order chi connectivity index (χ1) is 24.0. The number of nitrogens with zero attached hydrogens (tertiary/aromatic N) is 5. The summed E-state index contributed by atoms with van der Waals surface area (Å²) in [5.74, 6) is 1.36. The Balaban J connectivity index is 1.05. The highest BCUT2D eigenvalue weighted by Gasteiger charge is 2.25. The standard InChI is InChI=1S/C38H39F2N5O5/c1-25(2)48-30-11-5-26(6-12-30)24-44-17-19-45(20-18-44)37(47)34-21-28-9-15-32(22-33(28)43(34)4)49-35-16-10-29(23-41-35)42(3)36(46)27-7-13-31(14-8-27)50-38(39)40/h5-16,21-23,25,38H,17-20,24H2,1-4H3. The number of hydrogen-bond acceptors (Lipinski definition) is 7. The zero-order valence-corrected chi connectivity index (χ0v) is 28.4. The number of pyridine rings is 1. The van der Waals surface area contributed by atoms with Gasteiger partial charge in [0.05, 0.1) is 23.5 Å². The number of aromatic nitrogens is 2. The Morgan fingerprint density at radius 2 is 1.50 bits per heavy atom. The van der Waals surface area contributed by atoms with Gasteiger partial charge in [-0.1, -0.05) is 12.1 Å². The van der Waals surface area contributed by atoms with Gasteiger partial charge in [-0.2, -0.15) is 8.78 Å². The highest BCUT2D eigenvalue weighted by atomic mass is 19.3. The molecule has 3 heterocycles. The van der Waals surface area contributed by atoms with Gasteiger partial charge < -0.3 is 28.6 Å². The van der Waals surface area contributed by atoms with E-state index in [0.29, 0.717) is 41.7 Å². The Labute approximate surface area is 289 Å². The summed E-state index contributed by atoms with van der Waals surface area (Å²) < 4.78 is 42.9. The van der Waals surface area contributed by atoms with Crippen LogP contribution in [0.25, 0.3) is 10.9 Å². The molecule has 12 heteroatoms. The molecule has 0 aliphatic carbocycles. The van der Waals surface area contributed by atoms with Crippen LogP contribution >= 0.6 is 0 Å². The van der Waals surface area contributed by atoms with Crippen LogP contribution in [0.5, 0.6) is 23.1 Å². The van der Waals surface area contributed by atoms with Crippen molar-refractivity contribution in [3.8, 4) is 23.1 Å². The molecule has 0 spiro atoms. The van der Waals surface area contributed by atoms with E-state index in [2.05, 4.69) is 26.8 Å². The van der Waals surface area contributed by atoms with Gasteiger partial charge in [0, 0.05) is 69.9 Å². The van der Waals surface area contributed by atoms with E-state index in [0.717, 1.165) is 36.3 Å². The second kappa shape index (κ2) is 15.0. The molecule has 50 heavy (non-hydrogen) atoms. The molecule has 0 unspecified atom stereocenters. The first kappa shape index (κ1) is 34.4. The number of anilines is 1. The van der Waals surface area contributed by atoms with Gasteiger partial charge in [-0.25, -0.2) is 4.98 Å². The summed E-state index contributed by atoms with van der Waals surface area (Å²) >= 11 is 0. The molecule has 0 N–H and O–H groups in total. The monoisotopic (exact) mass is 683 g/mol. The number of fused-ring (bicyclic) bond motifs is 1. The Kier molecular flexibility index (Phi) is 10.3. The number of aryl methyl sites for hydroxylation is 1. The highest BCUT2D eigenvalue weighted by molar-refractivity contribution is 6.05. The molecule has 1 fully saturated rings. The number of alkyl halides is 2. The lowest BCUT2D eigenvalue weighted by Gasteiger charge is -2.34. The minimum Gasteiger partial charge on any atom is -0.491 e. The summed E-state index contributed by atoms with van der Waals surface area (Å²) in [5.41, 5.74) is 3.49. The molecule has 5 aromatic rings. The normalized spacial score (nSPS) is 13.6. The average Bonchev–Trinajstić information content (AvgIpc) is 3.44.